The van der Waals surface area contributed by atoms with Crippen molar-refractivity contribution in [3.63, 3.8) is 0 Å². The molecule has 2 rings (SSSR count). The summed E-state index contributed by atoms with van der Waals surface area (Å²) >= 11 is 0. The summed E-state index contributed by atoms with van der Waals surface area (Å²) in [6, 6.07) is 4.40. The lowest BCUT2D eigenvalue weighted by Crippen LogP contribution is -2.41. The third-order valence-electron chi connectivity index (χ3n) is 3.60. The van der Waals surface area contributed by atoms with Crippen LogP contribution in [0.5, 0.6) is 0 Å². The predicted molar refractivity (Wildman–Crippen MR) is 85.2 cm³/mol. The van der Waals surface area contributed by atoms with E-state index in [0.717, 1.165) is 6.42 Å². The molecule has 0 N–H and O–H groups in total. The van der Waals surface area contributed by atoms with Crippen LogP contribution in [0.1, 0.15) is 45.2 Å². The number of esters is 2. The number of benzene rings is 1. The normalized spacial score (nSPS) is 18.0. The second-order valence-electron chi connectivity index (χ2n) is 6.12. The molecule has 1 heterocycles. The summed E-state index contributed by atoms with van der Waals surface area (Å²) in [6.45, 7) is 6.99. The lowest BCUT2D eigenvalue weighted by atomic mass is 10.1. The van der Waals surface area contributed by atoms with Gasteiger partial charge < -0.3 is 14.2 Å². The van der Waals surface area contributed by atoms with E-state index >= 15 is 0 Å². The van der Waals surface area contributed by atoms with Gasteiger partial charge in [-0.3, -0.25) is 0 Å². The first-order valence-corrected chi connectivity index (χ1v) is 7.80. The van der Waals surface area contributed by atoms with Gasteiger partial charge in [0.15, 0.2) is 0 Å². The number of rotatable bonds is 5. The van der Waals surface area contributed by atoms with Gasteiger partial charge in [0.1, 0.15) is 11.4 Å². The first-order valence-electron chi connectivity index (χ1n) is 7.80. The summed E-state index contributed by atoms with van der Waals surface area (Å²) in [5.74, 6) is -3.35. The van der Waals surface area contributed by atoms with Crippen LogP contribution in [0.25, 0.3) is 6.08 Å². The third kappa shape index (κ3) is 4.41. The Balaban J connectivity index is 2.17. The Labute approximate surface area is 140 Å². The fourth-order valence-corrected chi connectivity index (χ4v) is 2.07. The SMILES string of the molecule is CCC(C)OCc1ccc(C=C2C(=O)OC(C)(C)OC2=O)cc1F. The molecule has 6 heteroatoms. The van der Waals surface area contributed by atoms with Crippen molar-refractivity contribution in [3.8, 4) is 0 Å². The molecule has 1 atom stereocenters. The number of halogens is 1. The molecule has 1 unspecified atom stereocenters. The molecule has 0 aliphatic carbocycles. The van der Waals surface area contributed by atoms with E-state index in [0.29, 0.717) is 11.1 Å². The van der Waals surface area contributed by atoms with Crippen LogP contribution in [0.4, 0.5) is 4.39 Å². The summed E-state index contributed by atoms with van der Waals surface area (Å²) in [4.78, 5) is 23.8. The molecule has 1 aromatic rings. The zero-order chi connectivity index (χ0) is 17.9. The van der Waals surface area contributed by atoms with Gasteiger partial charge in [0.25, 0.3) is 5.79 Å². The Morgan fingerprint density at radius 2 is 1.88 bits per heavy atom. The molecule has 0 amide bonds. The monoisotopic (exact) mass is 336 g/mol. The lowest BCUT2D eigenvalue weighted by molar-refractivity contribution is -0.222. The van der Waals surface area contributed by atoms with Gasteiger partial charge in [-0.2, -0.15) is 0 Å². The van der Waals surface area contributed by atoms with Crippen LogP contribution < -0.4 is 0 Å². The van der Waals surface area contributed by atoms with E-state index in [9.17, 15) is 14.0 Å². The molecule has 0 aromatic heterocycles. The molecular formula is C18H21FO5. The highest BCUT2D eigenvalue weighted by atomic mass is 19.1. The molecule has 0 bridgehead atoms. The average molecular weight is 336 g/mol. The molecule has 24 heavy (non-hydrogen) atoms. The van der Waals surface area contributed by atoms with Gasteiger partial charge in [-0.1, -0.05) is 19.1 Å². The first kappa shape index (κ1) is 18.1. The summed E-state index contributed by atoms with van der Waals surface area (Å²) in [7, 11) is 0. The summed E-state index contributed by atoms with van der Waals surface area (Å²) in [6.07, 6.45) is 2.13. The topological polar surface area (TPSA) is 61.8 Å². The van der Waals surface area contributed by atoms with E-state index in [4.69, 9.17) is 14.2 Å². The number of ether oxygens (including phenoxy) is 3. The van der Waals surface area contributed by atoms with Crippen LogP contribution in [0.2, 0.25) is 0 Å². The Bertz CT molecular complexity index is 656. The van der Waals surface area contributed by atoms with Crippen LogP contribution in [0.15, 0.2) is 23.8 Å². The minimum atomic E-state index is -1.30. The van der Waals surface area contributed by atoms with Gasteiger partial charge in [-0.25, -0.2) is 14.0 Å². The molecular weight excluding hydrogens is 315 g/mol. The number of cyclic esters (lactones) is 2. The molecule has 1 aliphatic rings. The van der Waals surface area contributed by atoms with Crippen molar-refractivity contribution >= 4 is 18.0 Å². The highest BCUT2D eigenvalue weighted by Crippen LogP contribution is 2.24. The van der Waals surface area contributed by atoms with Crippen molar-refractivity contribution in [1.82, 2.24) is 0 Å². The Hall–Kier alpha value is -2.21. The van der Waals surface area contributed by atoms with E-state index in [1.54, 1.807) is 12.1 Å². The number of hydrogen-bond acceptors (Lipinski definition) is 5. The van der Waals surface area contributed by atoms with Crippen LogP contribution in [-0.2, 0) is 30.4 Å². The van der Waals surface area contributed by atoms with Gasteiger partial charge in [0.05, 0.1) is 12.7 Å². The Morgan fingerprint density at radius 1 is 1.25 bits per heavy atom. The van der Waals surface area contributed by atoms with Gasteiger partial charge in [-0.15, -0.1) is 0 Å². The van der Waals surface area contributed by atoms with Crippen LogP contribution in [0, 0.1) is 5.82 Å². The van der Waals surface area contributed by atoms with Crippen molar-refractivity contribution < 1.29 is 28.2 Å². The van der Waals surface area contributed by atoms with Crippen molar-refractivity contribution in [3.05, 3.63) is 40.7 Å². The highest BCUT2D eigenvalue weighted by Gasteiger charge is 2.38. The van der Waals surface area contributed by atoms with E-state index in [-0.39, 0.29) is 18.3 Å². The van der Waals surface area contributed by atoms with Gasteiger partial charge in [0.2, 0.25) is 0 Å². The van der Waals surface area contributed by atoms with E-state index < -0.39 is 23.5 Å². The number of carbonyl (C=O) groups excluding carboxylic acids is 2. The fraction of sp³-hybridized carbons (Fsp3) is 0.444. The van der Waals surface area contributed by atoms with Crippen LogP contribution in [-0.4, -0.2) is 23.8 Å². The second kappa shape index (κ2) is 7.13. The Kier molecular flexibility index (Phi) is 5.39. The number of carbonyl (C=O) groups is 2. The largest absolute Gasteiger partial charge is 0.419 e. The minimum absolute atomic E-state index is 0.0429. The van der Waals surface area contributed by atoms with Crippen LogP contribution in [0.3, 0.4) is 0 Å². The molecule has 1 aliphatic heterocycles. The second-order valence-corrected chi connectivity index (χ2v) is 6.12. The zero-order valence-corrected chi connectivity index (χ0v) is 14.2. The quantitative estimate of drug-likeness (QED) is 0.469. The van der Waals surface area contributed by atoms with Gasteiger partial charge in [0, 0.05) is 19.4 Å². The van der Waals surface area contributed by atoms with Gasteiger partial charge >= 0.3 is 11.9 Å². The molecule has 1 saturated heterocycles. The van der Waals surface area contributed by atoms with Gasteiger partial charge in [-0.05, 0) is 31.1 Å². The molecule has 0 saturated carbocycles. The fourth-order valence-electron chi connectivity index (χ4n) is 2.07. The van der Waals surface area contributed by atoms with Crippen molar-refractivity contribution in [2.24, 2.45) is 0 Å². The summed E-state index contributed by atoms with van der Waals surface area (Å²) in [5, 5.41) is 0. The first-order chi connectivity index (χ1) is 11.2. The average Bonchev–Trinajstić information content (AvgIpc) is 2.48. The smallest absolute Gasteiger partial charge is 0.348 e. The molecule has 1 fully saturated rings. The standard InChI is InChI=1S/C18H21FO5/c1-5-11(2)22-10-13-7-6-12(9-15(13)19)8-14-16(20)23-18(3,4)24-17(14)21/h6-9,11H,5,10H2,1-4H3. The van der Waals surface area contributed by atoms with E-state index in [1.807, 2.05) is 13.8 Å². The van der Waals surface area contributed by atoms with Crippen molar-refractivity contribution in [1.29, 1.82) is 0 Å². The molecule has 0 spiro atoms. The lowest BCUT2D eigenvalue weighted by Gasteiger charge is -2.29. The summed E-state index contributed by atoms with van der Waals surface area (Å²) in [5.41, 5.74) is 0.508. The highest BCUT2D eigenvalue weighted by molar-refractivity contribution is 6.18. The zero-order valence-electron chi connectivity index (χ0n) is 14.2. The third-order valence-corrected chi connectivity index (χ3v) is 3.60. The predicted octanol–water partition coefficient (Wildman–Crippen LogP) is 3.36. The maximum Gasteiger partial charge on any atom is 0.348 e. The molecule has 0 radical (unpaired) electrons. The van der Waals surface area contributed by atoms with E-state index in [2.05, 4.69) is 0 Å². The van der Waals surface area contributed by atoms with Crippen molar-refractivity contribution in [2.45, 2.75) is 52.6 Å². The maximum absolute atomic E-state index is 14.1. The van der Waals surface area contributed by atoms with E-state index in [1.165, 1.54) is 26.0 Å². The van der Waals surface area contributed by atoms with Crippen LogP contribution >= 0.6 is 0 Å². The molecule has 1 aromatic carbocycles. The Morgan fingerprint density at radius 3 is 2.42 bits per heavy atom. The summed E-state index contributed by atoms with van der Waals surface area (Å²) < 4.78 is 29.6. The van der Waals surface area contributed by atoms with Crippen molar-refractivity contribution in [2.75, 3.05) is 0 Å². The maximum atomic E-state index is 14.1. The minimum Gasteiger partial charge on any atom is -0.419 e. The molecule has 130 valence electrons. The number of hydrogen-bond donors (Lipinski definition) is 0. The molecule has 5 nitrogen and oxygen atoms in total.